The van der Waals surface area contributed by atoms with Gasteiger partial charge in [0.1, 0.15) is 17.6 Å². The first kappa shape index (κ1) is 22.8. The lowest BCUT2D eigenvalue weighted by molar-refractivity contribution is -0.113. The van der Waals surface area contributed by atoms with Crippen molar-refractivity contribution in [2.45, 2.75) is 33.7 Å². The van der Waals surface area contributed by atoms with Gasteiger partial charge in [-0.3, -0.25) is 18.8 Å². The Hall–Kier alpha value is -3.98. The number of nitrogens with one attached hydrogen (secondary N) is 1. The lowest BCUT2D eigenvalue weighted by Gasteiger charge is -2.23. The number of aryl methyl sites for hydroxylation is 3. The molecule has 3 aromatic heterocycles. The van der Waals surface area contributed by atoms with Crippen LogP contribution in [-0.2, 0) is 11.8 Å². The molecule has 1 unspecified atom stereocenters. The van der Waals surface area contributed by atoms with Gasteiger partial charge in [-0.2, -0.15) is 5.10 Å². The van der Waals surface area contributed by atoms with E-state index in [-0.39, 0.29) is 11.5 Å². The third-order valence-corrected chi connectivity index (χ3v) is 7.23. The molecule has 35 heavy (non-hydrogen) atoms. The molecule has 0 saturated carbocycles. The highest BCUT2D eigenvalue weighted by atomic mass is 32.1. The molecule has 4 aromatic rings. The first-order chi connectivity index (χ1) is 16.7. The van der Waals surface area contributed by atoms with Gasteiger partial charge in [0.05, 0.1) is 22.0 Å². The van der Waals surface area contributed by atoms with Crippen molar-refractivity contribution in [3.63, 3.8) is 0 Å². The first-order valence-corrected chi connectivity index (χ1v) is 12.0. The minimum Gasteiger partial charge on any atom is -0.464 e. The number of furan rings is 1. The molecule has 0 fully saturated rings. The minimum atomic E-state index is -0.735. The zero-order valence-corrected chi connectivity index (χ0v) is 20.9. The largest absolute Gasteiger partial charge is 0.464 e. The molecule has 1 aliphatic rings. The van der Waals surface area contributed by atoms with Crippen LogP contribution in [0.4, 0.5) is 5.69 Å². The molecule has 1 atom stereocenters. The van der Waals surface area contributed by atoms with Gasteiger partial charge in [-0.05, 0) is 57.5 Å². The highest BCUT2D eigenvalue weighted by Crippen LogP contribution is 2.32. The Bertz CT molecular complexity index is 1680. The van der Waals surface area contributed by atoms with Gasteiger partial charge in [-0.25, -0.2) is 4.99 Å². The standard InChI is InChI=1S/C26H25N5O3S/c1-14-8-6-7-9-19(14)29-24(32)22-16(3)28-26-31(23(22)20-11-10-15(2)34-20)25(33)21(35-26)12-18-13-27-30(5)17(18)4/h6-13,23H,1-5H3,(H,29,32). The fraction of sp³-hybridized carbons (Fsp3) is 0.231. The predicted octanol–water partition coefficient (Wildman–Crippen LogP) is 3.13. The van der Waals surface area contributed by atoms with Crippen molar-refractivity contribution in [2.24, 2.45) is 12.0 Å². The molecule has 4 heterocycles. The zero-order valence-electron chi connectivity index (χ0n) is 20.1. The molecule has 0 bridgehead atoms. The van der Waals surface area contributed by atoms with Gasteiger partial charge >= 0.3 is 0 Å². The highest BCUT2D eigenvalue weighted by molar-refractivity contribution is 7.07. The summed E-state index contributed by atoms with van der Waals surface area (Å²) in [4.78, 5) is 32.4. The molecule has 5 rings (SSSR count). The zero-order chi connectivity index (χ0) is 24.9. The molecule has 0 saturated heterocycles. The fourth-order valence-corrected chi connectivity index (χ4v) is 5.22. The van der Waals surface area contributed by atoms with Crippen LogP contribution in [0.3, 0.4) is 0 Å². The summed E-state index contributed by atoms with van der Waals surface area (Å²) in [6.07, 6.45) is 3.55. The summed E-state index contributed by atoms with van der Waals surface area (Å²) in [5, 5.41) is 7.26. The summed E-state index contributed by atoms with van der Waals surface area (Å²) in [5.41, 5.74) is 4.13. The van der Waals surface area contributed by atoms with Crippen molar-refractivity contribution in [3.05, 3.63) is 102 Å². The van der Waals surface area contributed by atoms with E-state index in [1.807, 2.05) is 70.3 Å². The number of rotatable bonds is 4. The Kier molecular flexibility index (Phi) is 5.64. The van der Waals surface area contributed by atoms with Crippen LogP contribution in [-0.4, -0.2) is 20.3 Å². The number of hydrogen-bond acceptors (Lipinski definition) is 6. The fourth-order valence-electron chi connectivity index (χ4n) is 4.18. The number of amides is 1. The number of allylic oxidation sites excluding steroid dienone is 1. The molecular formula is C26H25N5O3S. The van der Waals surface area contributed by atoms with Crippen LogP contribution in [0.1, 0.15) is 41.3 Å². The van der Waals surface area contributed by atoms with Gasteiger partial charge in [-0.1, -0.05) is 29.5 Å². The second-order valence-corrected chi connectivity index (χ2v) is 9.62. The van der Waals surface area contributed by atoms with Crippen molar-refractivity contribution in [1.29, 1.82) is 0 Å². The van der Waals surface area contributed by atoms with Gasteiger partial charge in [-0.15, -0.1) is 0 Å². The van der Waals surface area contributed by atoms with Crippen LogP contribution < -0.4 is 20.2 Å². The monoisotopic (exact) mass is 487 g/mol. The van der Waals surface area contributed by atoms with Gasteiger partial charge in [0.2, 0.25) is 0 Å². The number of fused-ring (bicyclic) bond motifs is 1. The van der Waals surface area contributed by atoms with E-state index < -0.39 is 6.04 Å². The Morgan fingerprint density at radius 1 is 1.14 bits per heavy atom. The summed E-state index contributed by atoms with van der Waals surface area (Å²) in [5.74, 6) is 0.885. The number of benzene rings is 1. The van der Waals surface area contributed by atoms with Crippen LogP contribution in [0, 0.1) is 20.8 Å². The van der Waals surface area contributed by atoms with Crippen LogP contribution in [0.5, 0.6) is 0 Å². The number of carbonyl (C=O) groups excluding carboxylic acids is 1. The lowest BCUT2D eigenvalue weighted by Crippen LogP contribution is -2.40. The van der Waals surface area contributed by atoms with Crippen molar-refractivity contribution in [3.8, 4) is 0 Å². The second-order valence-electron chi connectivity index (χ2n) is 8.61. The Morgan fingerprint density at radius 2 is 1.91 bits per heavy atom. The van der Waals surface area contributed by atoms with Crippen LogP contribution in [0.15, 0.2) is 68.1 Å². The molecule has 1 aromatic carbocycles. The molecule has 8 nitrogen and oxygen atoms in total. The molecule has 178 valence electrons. The highest BCUT2D eigenvalue weighted by Gasteiger charge is 2.34. The maximum absolute atomic E-state index is 13.7. The van der Waals surface area contributed by atoms with Gasteiger partial charge in [0.15, 0.2) is 4.80 Å². The normalized spacial score (nSPS) is 15.8. The van der Waals surface area contributed by atoms with E-state index in [1.54, 1.807) is 22.4 Å². The summed E-state index contributed by atoms with van der Waals surface area (Å²) in [7, 11) is 1.86. The molecule has 0 spiro atoms. The van der Waals surface area contributed by atoms with Gasteiger partial charge in [0, 0.05) is 24.0 Å². The molecule has 0 radical (unpaired) electrons. The third kappa shape index (κ3) is 3.97. The lowest BCUT2D eigenvalue weighted by atomic mass is 10.00. The van der Waals surface area contributed by atoms with E-state index in [4.69, 9.17) is 4.42 Å². The van der Waals surface area contributed by atoms with Crippen molar-refractivity contribution in [1.82, 2.24) is 14.3 Å². The summed E-state index contributed by atoms with van der Waals surface area (Å²) in [6.45, 7) is 7.50. The Labute approximate surface area is 205 Å². The molecule has 9 heteroatoms. The Balaban J connectivity index is 1.68. The number of aromatic nitrogens is 3. The van der Waals surface area contributed by atoms with Crippen LogP contribution >= 0.6 is 11.3 Å². The number of nitrogens with zero attached hydrogens (tertiary/aromatic N) is 4. The summed E-state index contributed by atoms with van der Waals surface area (Å²) >= 11 is 1.29. The van der Waals surface area contributed by atoms with E-state index >= 15 is 0 Å². The predicted molar refractivity (Wildman–Crippen MR) is 135 cm³/mol. The number of anilines is 1. The second kappa shape index (κ2) is 8.66. The summed E-state index contributed by atoms with van der Waals surface area (Å²) in [6, 6.07) is 10.5. The molecule has 1 N–H and O–H groups in total. The average molecular weight is 488 g/mol. The molecule has 0 aliphatic carbocycles. The first-order valence-electron chi connectivity index (χ1n) is 11.2. The van der Waals surface area contributed by atoms with E-state index in [9.17, 15) is 9.59 Å². The van der Waals surface area contributed by atoms with Crippen molar-refractivity contribution in [2.75, 3.05) is 5.32 Å². The number of carbonyl (C=O) groups is 1. The smallest absolute Gasteiger partial charge is 0.271 e. The average Bonchev–Trinajstić information content (AvgIpc) is 3.48. The van der Waals surface area contributed by atoms with E-state index in [2.05, 4.69) is 15.4 Å². The molecule has 1 amide bonds. The van der Waals surface area contributed by atoms with E-state index in [0.29, 0.717) is 37.8 Å². The summed E-state index contributed by atoms with van der Waals surface area (Å²) < 4.78 is 9.78. The number of para-hydroxylation sites is 1. The van der Waals surface area contributed by atoms with Crippen LogP contribution in [0.2, 0.25) is 0 Å². The number of hydrogen-bond donors (Lipinski definition) is 1. The number of thiazole rings is 1. The van der Waals surface area contributed by atoms with Gasteiger partial charge in [0.25, 0.3) is 11.5 Å². The third-order valence-electron chi connectivity index (χ3n) is 6.25. The maximum atomic E-state index is 13.7. The maximum Gasteiger partial charge on any atom is 0.271 e. The van der Waals surface area contributed by atoms with Crippen LogP contribution in [0.25, 0.3) is 6.08 Å². The van der Waals surface area contributed by atoms with E-state index in [1.165, 1.54) is 11.3 Å². The minimum absolute atomic E-state index is 0.232. The topological polar surface area (TPSA) is 94.4 Å². The van der Waals surface area contributed by atoms with Crippen molar-refractivity contribution >= 4 is 29.0 Å². The Morgan fingerprint density at radius 3 is 2.57 bits per heavy atom. The molecular weight excluding hydrogens is 462 g/mol. The SMILES string of the molecule is CC1=C(C(=O)Nc2ccccc2C)C(c2ccc(C)o2)n2c(sc(=Cc3cnn(C)c3C)c2=O)=N1. The molecule has 1 aliphatic heterocycles. The van der Waals surface area contributed by atoms with Gasteiger partial charge < -0.3 is 9.73 Å². The van der Waals surface area contributed by atoms with Crippen molar-refractivity contribution < 1.29 is 9.21 Å². The van der Waals surface area contributed by atoms with E-state index in [0.717, 1.165) is 16.8 Å². The quantitative estimate of drug-likeness (QED) is 0.479.